The first kappa shape index (κ1) is 35.0. The highest BCUT2D eigenvalue weighted by atomic mass is 32.3. The van der Waals surface area contributed by atoms with Gasteiger partial charge in [0, 0.05) is 7.11 Å². The van der Waals surface area contributed by atoms with Gasteiger partial charge in [-0.2, -0.15) is 30.0 Å². The molecule has 0 spiro atoms. The van der Waals surface area contributed by atoms with Gasteiger partial charge in [0.05, 0.1) is 12.7 Å². The van der Waals surface area contributed by atoms with Crippen molar-refractivity contribution in [1.29, 1.82) is 0 Å². The van der Waals surface area contributed by atoms with E-state index in [9.17, 15) is 54.5 Å². The molecule has 0 amide bonds. The highest BCUT2D eigenvalue weighted by Gasteiger charge is 2.55. The zero-order chi connectivity index (χ0) is 30.8. The van der Waals surface area contributed by atoms with E-state index >= 15 is 0 Å². The van der Waals surface area contributed by atoms with Crippen molar-refractivity contribution >= 4 is 37.1 Å². The van der Waals surface area contributed by atoms with Gasteiger partial charge in [-0.1, -0.05) is 0 Å². The third-order valence-corrected chi connectivity index (χ3v) is 6.76. The lowest BCUT2D eigenvalue weighted by atomic mass is 9.96. The lowest BCUT2D eigenvalue weighted by molar-refractivity contribution is -0.342. The van der Waals surface area contributed by atoms with Crippen LogP contribution in [0.4, 0.5) is 0 Å². The quantitative estimate of drug-likeness (QED) is 0.0929. The first-order valence-electron chi connectivity index (χ1n) is 10.9. The van der Waals surface area contributed by atoms with E-state index in [1.807, 2.05) is 0 Å². The van der Waals surface area contributed by atoms with Crippen molar-refractivity contribution in [1.82, 2.24) is 4.72 Å². The fourth-order valence-electron chi connectivity index (χ4n) is 3.87. The Morgan fingerprint density at radius 2 is 1.50 bits per heavy atom. The monoisotopic (exact) mass is 651 g/mol. The molecule has 21 nitrogen and oxygen atoms in total. The van der Waals surface area contributed by atoms with E-state index in [1.165, 1.54) is 13.8 Å². The second kappa shape index (κ2) is 13.4. The number of carboxylic acid groups (broad SMARTS) is 1. The number of ether oxygens (including phenoxy) is 5. The third kappa shape index (κ3) is 9.96. The number of carboxylic acids is 1. The van der Waals surface area contributed by atoms with Crippen LogP contribution in [0.15, 0.2) is 0 Å². The Kier molecular flexibility index (Phi) is 11.7. The molecule has 0 aliphatic carbocycles. The van der Waals surface area contributed by atoms with Crippen molar-refractivity contribution in [2.75, 3.05) is 13.7 Å². The maximum atomic E-state index is 11.9. The number of aliphatic hydroxyl groups excluding tert-OH is 2. The van der Waals surface area contributed by atoms with Gasteiger partial charge in [-0.15, -0.1) is 0 Å². The molecule has 7 N–H and O–H groups in total. The minimum absolute atomic E-state index is 0.761. The van der Waals surface area contributed by atoms with Gasteiger partial charge in [-0.3, -0.25) is 13.7 Å². The van der Waals surface area contributed by atoms with Gasteiger partial charge in [-0.05, 0) is 13.8 Å². The lowest BCUT2D eigenvalue weighted by Crippen LogP contribution is -2.68. The second-order valence-electron chi connectivity index (χ2n) is 8.59. The van der Waals surface area contributed by atoms with Crippen LogP contribution >= 0.6 is 0 Å². The van der Waals surface area contributed by atoms with Crippen LogP contribution in [-0.2, 0) is 67.9 Å². The van der Waals surface area contributed by atoms with Crippen LogP contribution < -0.4 is 4.72 Å². The number of aliphatic hydroxyl groups is 2. The predicted molar refractivity (Wildman–Crippen MR) is 121 cm³/mol. The Labute approximate surface area is 228 Å². The molecular weight excluding hydrogens is 622 g/mol. The van der Waals surface area contributed by atoms with E-state index in [-0.39, 0.29) is 0 Å². The SMILES string of the molecule is COC1OC(COS(=O)(=O)O)C(OC2OC(C(=O)O)C(OC(C)C)C(O)C2OS(=O)(=O)O)C(O)C1NS(=O)(=O)O. The maximum Gasteiger partial charge on any atom is 0.397 e. The first-order chi connectivity index (χ1) is 18.1. The lowest BCUT2D eigenvalue weighted by Gasteiger charge is -2.47. The van der Waals surface area contributed by atoms with Gasteiger partial charge in [0.15, 0.2) is 24.8 Å². The molecule has 2 fully saturated rings. The molecule has 0 bridgehead atoms. The molecular formula is C16H29NO20S3. The van der Waals surface area contributed by atoms with Crippen molar-refractivity contribution in [3.8, 4) is 0 Å². The molecule has 24 heteroatoms. The molecule has 0 aromatic rings. The van der Waals surface area contributed by atoms with Crippen LogP contribution in [-0.4, -0.2) is 141 Å². The number of hydrogen-bond donors (Lipinski definition) is 7. The predicted octanol–water partition coefficient (Wildman–Crippen LogP) is -4.16. The van der Waals surface area contributed by atoms with Crippen molar-refractivity contribution in [3.05, 3.63) is 0 Å². The average molecular weight is 652 g/mol. The Morgan fingerprint density at radius 1 is 0.900 bits per heavy atom. The summed E-state index contributed by atoms with van der Waals surface area (Å²) in [6.07, 6.45) is -19.6. The Hall–Kier alpha value is -1.20. The number of aliphatic carboxylic acids is 1. The van der Waals surface area contributed by atoms with Crippen molar-refractivity contribution in [2.45, 2.75) is 81.3 Å². The molecule has 2 aliphatic heterocycles. The topological polar surface area (TPSA) is 318 Å². The fourth-order valence-corrected chi connectivity index (χ4v) is 5.26. The Morgan fingerprint density at radius 3 is 1.95 bits per heavy atom. The number of methoxy groups -OCH3 is 1. The molecule has 2 saturated heterocycles. The van der Waals surface area contributed by atoms with Gasteiger partial charge in [-0.25, -0.2) is 13.2 Å². The van der Waals surface area contributed by atoms with E-state index in [1.54, 1.807) is 4.72 Å². The Balaban J connectivity index is 2.54. The fraction of sp³-hybridized carbons (Fsp3) is 0.938. The molecule has 236 valence electrons. The van der Waals surface area contributed by atoms with E-state index in [0.29, 0.717) is 0 Å². The largest absolute Gasteiger partial charge is 0.479 e. The summed E-state index contributed by atoms with van der Waals surface area (Å²) in [6.45, 7) is 1.67. The van der Waals surface area contributed by atoms with E-state index in [0.717, 1.165) is 7.11 Å². The second-order valence-corrected chi connectivity index (χ2v) is 11.9. The summed E-state index contributed by atoms with van der Waals surface area (Å²) in [4.78, 5) is 11.9. The minimum Gasteiger partial charge on any atom is -0.479 e. The van der Waals surface area contributed by atoms with Crippen LogP contribution in [0, 0.1) is 0 Å². The zero-order valence-electron chi connectivity index (χ0n) is 20.7. The summed E-state index contributed by atoms with van der Waals surface area (Å²) < 4.78 is 132. The molecule has 2 rings (SSSR count). The van der Waals surface area contributed by atoms with Gasteiger partial charge >= 0.3 is 37.1 Å². The minimum atomic E-state index is -5.42. The third-order valence-electron chi connectivity index (χ3n) is 5.29. The molecule has 40 heavy (non-hydrogen) atoms. The number of hydrogen-bond acceptors (Lipinski definition) is 16. The van der Waals surface area contributed by atoms with Crippen molar-refractivity contribution in [3.63, 3.8) is 0 Å². The summed E-state index contributed by atoms with van der Waals surface area (Å²) in [5.41, 5.74) is 0. The molecule has 0 saturated carbocycles. The average Bonchev–Trinajstić information content (AvgIpc) is 2.77. The number of carbonyl (C=O) groups is 1. The Bertz CT molecular complexity index is 1190. The van der Waals surface area contributed by atoms with Crippen LogP contribution in [0.1, 0.15) is 13.8 Å². The molecule has 0 aromatic heterocycles. The zero-order valence-corrected chi connectivity index (χ0v) is 23.1. The normalized spacial score (nSPS) is 36.0. The summed E-state index contributed by atoms with van der Waals surface area (Å²) in [5.74, 6) is -1.76. The smallest absolute Gasteiger partial charge is 0.397 e. The summed E-state index contributed by atoms with van der Waals surface area (Å²) in [5, 5.41) is 31.3. The van der Waals surface area contributed by atoms with E-state index < -0.39 is 111 Å². The summed E-state index contributed by atoms with van der Waals surface area (Å²) >= 11 is 0. The highest BCUT2D eigenvalue weighted by molar-refractivity contribution is 7.83. The summed E-state index contributed by atoms with van der Waals surface area (Å²) in [7, 11) is -14.7. The van der Waals surface area contributed by atoms with Crippen LogP contribution in [0.3, 0.4) is 0 Å². The molecule has 10 unspecified atom stereocenters. The van der Waals surface area contributed by atoms with Crippen LogP contribution in [0.5, 0.6) is 0 Å². The van der Waals surface area contributed by atoms with E-state index in [2.05, 4.69) is 8.37 Å². The first-order valence-corrected chi connectivity index (χ1v) is 15.1. The van der Waals surface area contributed by atoms with Crippen molar-refractivity contribution in [2.24, 2.45) is 0 Å². The van der Waals surface area contributed by atoms with Crippen molar-refractivity contribution < 1.29 is 91.1 Å². The highest BCUT2D eigenvalue weighted by Crippen LogP contribution is 2.33. The molecule has 2 heterocycles. The van der Waals surface area contributed by atoms with Gasteiger partial charge in [0.25, 0.3) is 0 Å². The van der Waals surface area contributed by atoms with E-state index in [4.69, 9.17) is 28.2 Å². The molecule has 2 aliphatic rings. The number of nitrogens with one attached hydrogen (secondary N) is 1. The standard InChI is InChI=1S/C16H29NO20S3/c1-5(2)33-11-9(19)12(37-40(28,29)30)16(36-13(11)14(20)21)35-10-6(4-32-39(25,26)27)34-15(31-3)7(8(10)18)17-38(22,23)24/h5-13,15-19H,4H2,1-3H3,(H,20,21)(H,22,23,24)(H,25,26,27)(H,28,29,30). The van der Waals surface area contributed by atoms with Crippen LogP contribution in [0.25, 0.3) is 0 Å². The number of rotatable bonds is 13. The molecule has 10 atom stereocenters. The van der Waals surface area contributed by atoms with Gasteiger partial charge in [0.2, 0.25) is 0 Å². The molecule has 0 radical (unpaired) electrons. The molecule has 0 aromatic carbocycles. The van der Waals surface area contributed by atoms with Gasteiger partial charge in [0.1, 0.15) is 36.6 Å². The van der Waals surface area contributed by atoms with Gasteiger partial charge < -0.3 is 39.0 Å². The maximum absolute atomic E-state index is 11.9. The van der Waals surface area contributed by atoms with Crippen LogP contribution in [0.2, 0.25) is 0 Å². The summed E-state index contributed by atoms with van der Waals surface area (Å²) in [6, 6.07) is -1.94.